The van der Waals surface area contributed by atoms with Crippen LogP contribution < -0.4 is 4.72 Å². The van der Waals surface area contributed by atoms with Crippen LogP contribution in [0.2, 0.25) is 5.02 Å². The molecular weight excluding hydrogens is 320 g/mol. The van der Waals surface area contributed by atoms with E-state index < -0.39 is 10.0 Å². The van der Waals surface area contributed by atoms with Crippen molar-refractivity contribution in [2.45, 2.75) is 4.90 Å². The third-order valence-electron chi connectivity index (χ3n) is 2.69. The normalized spacial score (nSPS) is 13.0. The van der Waals surface area contributed by atoms with Crippen molar-refractivity contribution in [1.29, 1.82) is 0 Å². The van der Waals surface area contributed by atoms with Gasteiger partial charge in [-0.3, -0.25) is 0 Å². The number of benzene rings is 1. The molecule has 0 amide bonds. The first-order valence-corrected chi connectivity index (χ1v) is 8.51. The van der Waals surface area contributed by atoms with Crippen molar-refractivity contribution in [3.05, 3.63) is 17.2 Å². The lowest BCUT2D eigenvalue weighted by Gasteiger charge is -2.23. The van der Waals surface area contributed by atoms with Crippen LogP contribution in [0.4, 0.5) is 0 Å². The summed E-state index contributed by atoms with van der Waals surface area (Å²) in [7, 11) is 2.39. The first kappa shape index (κ1) is 15.6. The van der Waals surface area contributed by atoms with Crippen LogP contribution in [0.5, 0.6) is 0 Å². The average molecular weight is 336 g/mol. The van der Waals surface area contributed by atoms with E-state index in [0.717, 1.165) is 11.7 Å². The van der Waals surface area contributed by atoms with Gasteiger partial charge in [-0.25, -0.2) is 13.1 Å². The molecule has 2 aromatic rings. The summed E-state index contributed by atoms with van der Waals surface area (Å²) in [5.74, 6) is 0. The van der Waals surface area contributed by atoms with Crippen LogP contribution in [0.15, 0.2) is 17.0 Å². The maximum absolute atomic E-state index is 12.3. The maximum atomic E-state index is 12.3. The van der Waals surface area contributed by atoms with E-state index in [4.69, 9.17) is 11.6 Å². The topological polar surface area (TPSA) is 72.0 Å². The summed E-state index contributed by atoms with van der Waals surface area (Å²) >= 11 is 6.92. The summed E-state index contributed by atoms with van der Waals surface area (Å²) in [6.07, 6.45) is 0. The Balaban J connectivity index is 2.28. The molecule has 110 valence electrons. The number of fused-ring (bicyclic) bond motifs is 1. The lowest BCUT2D eigenvalue weighted by molar-refractivity contribution is -0.869. The highest BCUT2D eigenvalue weighted by molar-refractivity contribution is 7.89. The fourth-order valence-corrected chi connectivity index (χ4v) is 3.66. The standard InChI is InChI=1S/C11H16ClN4O2S2/c1-16(2,3)7-6-13-20(17,18)9-5-4-8(12)10-11(9)15-19-14-10/h4-5,13H,6-7H2,1-3H3/q+1. The van der Waals surface area contributed by atoms with Crippen molar-refractivity contribution < 1.29 is 12.9 Å². The van der Waals surface area contributed by atoms with E-state index in [1.807, 2.05) is 21.1 Å². The van der Waals surface area contributed by atoms with Gasteiger partial charge in [0.05, 0.1) is 51.0 Å². The molecule has 1 N–H and O–H groups in total. The van der Waals surface area contributed by atoms with E-state index in [1.54, 1.807) is 0 Å². The number of quaternary nitrogens is 1. The number of sulfonamides is 1. The van der Waals surface area contributed by atoms with Gasteiger partial charge in [0.25, 0.3) is 0 Å². The van der Waals surface area contributed by atoms with Gasteiger partial charge < -0.3 is 4.48 Å². The summed E-state index contributed by atoms with van der Waals surface area (Å²) in [4.78, 5) is 0.118. The first-order chi connectivity index (χ1) is 9.21. The highest BCUT2D eigenvalue weighted by Crippen LogP contribution is 2.27. The van der Waals surface area contributed by atoms with E-state index >= 15 is 0 Å². The predicted molar refractivity (Wildman–Crippen MR) is 80.5 cm³/mol. The Kier molecular flexibility index (Phi) is 4.31. The fourth-order valence-electron chi connectivity index (χ4n) is 1.62. The monoisotopic (exact) mass is 335 g/mol. The van der Waals surface area contributed by atoms with E-state index in [-0.39, 0.29) is 4.90 Å². The molecule has 20 heavy (non-hydrogen) atoms. The molecule has 1 aromatic carbocycles. The van der Waals surface area contributed by atoms with E-state index in [0.29, 0.717) is 33.6 Å². The average Bonchev–Trinajstić information content (AvgIpc) is 2.76. The molecule has 9 heteroatoms. The van der Waals surface area contributed by atoms with Crippen molar-refractivity contribution >= 4 is 44.4 Å². The molecule has 6 nitrogen and oxygen atoms in total. The van der Waals surface area contributed by atoms with Crippen LogP contribution in [0.3, 0.4) is 0 Å². The number of rotatable bonds is 5. The van der Waals surface area contributed by atoms with Crippen LogP contribution in [0, 0.1) is 0 Å². The number of nitrogens with one attached hydrogen (secondary N) is 1. The molecule has 0 bridgehead atoms. The highest BCUT2D eigenvalue weighted by atomic mass is 35.5. The molecule has 0 fully saturated rings. The lowest BCUT2D eigenvalue weighted by Crippen LogP contribution is -2.41. The Bertz CT molecular complexity index is 722. The molecule has 0 spiro atoms. The number of hydrogen-bond donors (Lipinski definition) is 1. The predicted octanol–water partition coefficient (Wildman–Crippen LogP) is 1.33. The van der Waals surface area contributed by atoms with Crippen LogP contribution in [-0.2, 0) is 10.0 Å². The molecule has 1 aromatic heterocycles. The van der Waals surface area contributed by atoms with Crippen LogP contribution in [0.1, 0.15) is 0 Å². The number of aromatic nitrogens is 2. The molecule has 0 aliphatic rings. The molecule has 0 radical (unpaired) electrons. The first-order valence-electron chi connectivity index (χ1n) is 5.92. The highest BCUT2D eigenvalue weighted by Gasteiger charge is 2.21. The van der Waals surface area contributed by atoms with Gasteiger partial charge in [0.2, 0.25) is 10.0 Å². The lowest BCUT2D eigenvalue weighted by atomic mass is 10.3. The molecule has 1 heterocycles. The molecule has 2 rings (SSSR count). The summed E-state index contributed by atoms with van der Waals surface area (Å²) in [5.41, 5.74) is 0.742. The molecule has 0 atom stereocenters. The van der Waals surface area contributed by atoms with Gasteiger partial charge in [-0.1, -0.05) is 11.6 Å². The maximum Gasteiger partial charge on any atom is 0.243 e. The van der Waals surface area contributed by atoms with Gasteiger partial charge >= 0.3 is 0 Å². The van der Waals surface area contributed by atoms with E-state index in [2.05, 4.69) is 13.5 Å². The molecule has 0 unspecified atom stereocenters. The number of halogens is 1. The van der Waals surface area contributed by atoms with Gasteiger partial charge in [-0.2, -0.15) is 8.75 Å². The molecule has 0 aliphatic heterocycles. The Labute approximate surface area is 127 Å². The SMILES string of the molecule is C[N+](C)(C)CCNS(=O)(=O)c1ccc(Cl)c2nsnc12. The zero-order valence-electron chi connectivity index (χ0n) is 11.4. The van der Waals surface area contributed by atoms with Crippen molar-refractivity contribution in [3.8, 4) is 0 Å². The summed E-state index contributed by atoms with van der Waals surface area (Å²) < 4.78 is 35.9. The molecule has 0 saturated heterocycles. The van der Waals surface area contributed by atoms with Gasteiger partial charge in [0.1, 0.15) is 15.9 Å². The molecular formula is C11H16ClN4O2S2+. The Hall–Kier alpha value is -0.800. The Morgan fingerprint density at radius 1 is 1.25 bits per heavy atom. The van der Waals surface area contributed by atoms with Crippen LogP contribution in [-0.4, -0.2) is 55.9 Å². The quantitative estimate of drug-likeness (QED) is 0.837. The van der Waals surface area contributed by atoms with Gasteiger partial charge in [0.15, 0.2) is 0 Å². The minimum absolute atomic E-state index is 0.118. The number of likely N-dealkylation sites (N-methyl/N-ethyl adjacent to an activating group) is 1. The van der Waals surface area contributed by atoms with Crippen LogP contribution >= 0.6 is 23.3 Å². The minimum atomic E-state index is -3.61. The summed E-state index contributed by atoms with van der Waals surface area (Å²) in [6.45, 7) is 1.04. The second kappa shape index (κ2) is 5.53. The smallest absolute Gasteiger partial charge is 0.243 e. The third kappa shape index (κ3) is 3.44. The zero-order chi connectivity index (χ0) is 15.0. The third-order valence-corrected chi connectivity index (χ3v) is 5.02. The van der Waals surface area contributed by atoms with Gasteiger partial charge in [0, 0.05) is 0 Å². The van der Waals surface area contributed by atoms with Crippen molar-refractivity contribution in [1.82, 2.24) is 13.5 Å². The van der Waals surface area contributed by atoms with Crippen LogP contribution in [0.25, 0.3) is 11.0 Å². The fraction of sp³-hybridized carbons (Fsp3) is 0.455. The van der Waals surface area contributed by atoms with E-state index in [9.17, 15) is 8.42 Å². The van der Waals surface area contributed by atoms with Gasteiger partial charge in [-0.05, 0) is 12.1 Å². The minimum Gasteiger partial charge on any atom is -0.330 e. The summed E-state index contributed by atoms with van der Waals surface area (Å²) in [5, 5.41) is 0.402. The Morgan fingerprint density at radius 2 is 1.90 bits per heavy atom. The second-order valence-electron chi connectivity index (χ2n) is 5.42. The number of hydrogen-bond acceptors (Lipinski definition) is 5. The number of nitrogens with zero attached hydrogens (tertiary/aromatic N) is 3. The largest absolute Gasteiger partial charge is 0.330 e. The Morgan fingerprint density at radius 3 is 2.55 bits per heavy atom. The van der Waals surface area contributed by atoms with Gasteiger partial charge in [-0.15, -0.1) is 0 Å². The molecule has 0 aliphatic carbocycles. The van der Waals surface area contributed by atoms with E-state index in [1.165, 1.54) is 12.1 Å². The zero-order valence-corrected chi connectivity index (χ0v) is 13.8. The van der Waals surface area contributed by atoms with Crippen molar-refractivity contribution in [3.63, 3.8) is 0 Å². The second-order valence-corrected chi connectivity index (χ2v) is 8.09. The summed E-state index contributed by atoms with van der Waals surface area (Å²) in [6, 6.07) is 2.99. The van der Waals surface area contributed by atoms with Crippen molar-refractivity contribution in [2.75, 3.05) is 34.2 Å². The molecule has 0 saturated carbocycles. The van der Waals surface area contributed by atoms with Crippen molar-refractivity contribution in [2.24, 2.45) is 0 Å².